The van der Waals surface area contributed by atoms with Crippen molar-refractivity contribution in [2.24, 2.45) is 0 Å². The summed E-state index contributed by atoms with van der Waals surface area (Å²) < 4.78 is 10.1. The average Bonchev–Trinajstić information content (AvgIpc) is 2.31. The third kappa shape index (κ3) is 2.61. The van der Waals surface area contributed by atoms with E-state index in [1.807, 2.05) is 0 Å². The van der Waals surface area contributed by atoms with E-state index in [1.165, 1.54) is 0 Å². The molecule has 2 heterocycles. The number of pyridine rings is 1. The van der Waals surface area contributed by atoms with Gasteiger partial charge in [-0.1, -0.05) is 0 Å². The Bertz CT molecular complexity index is 318. The Balaban J connectivity index is 2.09. The van der Waals surface area contributed by atoms with Gasteiger partial charge in [-0.05, 0) is 6.07 Å². The van der Waals surface area contributed by atoms with Crippen LogP contribution in [0, 0.1) is 0 Å². The van der Waals surface area contributed by atoms with Crippen molar-refractivity contribution in [3.63, 3.8) is 0 Å². The summed E-state index contributed by atoms with van der Waals surface area (Å²) in [6, 6.07) is 3.48. The first-order valence-corrected chi connectivity index (χ1v) is 4.81. The van der Waals surface area contributed by atoms with Gasteiger partial charge in [0.05, 0.1) is 13.2 Å². The molecule has 0 atom stereocenters. The maximum Gasteiger partial charge on any atom is 0.569 e. The summed E-state index contributed by atoms with van der Waals surface area (Å²) >= 11 is 0. The SMILES string of the molecule is O[B]Oc1ccnc(N2CCOCC2)c1. The zero-order valence-corrected chi connectivity index (χ0v) is 8.30. The number of anilines is 1. The molecular formula is C9H12BN2O3. The molecule has 1 aromatic heterocycles. The van der Waals surface area contributed by atoms with Crippen molar-refractivity contribution in [2.75, 3.05) is 31.2 Å². The quantitative estimate of drug-likeness (QED) is 0.697. The van der Waals surface area contributed by atoms with Gasteiger partial charge in [0.2, 0.25) is 0 Å². The van der Waals surface area contributed by atoms with Crippen LogP contribution >= 0.6 is 0 Å². The molecule has 15 heavy (non-hydrogen) atoms. The Morgan fingerprint density at radius 2 is 2.27 bits per heavy atom. The van der Waals surface area contributed by atoms with Gasteiger partial charge in [-0.2, -0.15) is 0 Å². The molecule has 1 saturated heterocycles. The van der Waals surface area contributed by atoms with Crippen LogP contribution in [0.2, 0.25) is 0 Å². The Labute approximate surface area is 88.9 Å². The number of hydrogen-bond acceptors (Lipinski definition) is 5. The van der Waals surface area contributed by atoms with Crippen molar-refractivity contribution in [1.29, 1.82) is 0 Å². The van der Waals surface area contributed by atoms with Gasteiger partial charge in [0, 0.05) is 25.4 Å². The second kappa shape index (κ2) is 5.00. The van der Waals surface area contributed by atoms with Gasteiger partial charge in [0.25, 0.3) is 0 Å². The number of nitrogens with zero attached hydrogens (tertiary/aromatic N) is 2. The molecule has 1 radical (unpaired) electrons. The lowest BCUT2D eigenvalue weighted by Gasteiger charge is -2.27. The zero-order chi connectivity index (χ0) is 10.5. The molecule has 0 spiro atoms. The van der Waals surface area contributed by atoms with Crippen molar-refractivity contribution >= 4 is 13.5 Å². The summed E-state index contributed by atoms with van der Waals surface area (Å²) in [5, 5.41) is 8.52. The number of aromatic nitrogens is 1. The van der Waals surface area contributed by atoms with Crippen LogP contribution in [0.1, 0.15) is 0 Å². The lowest BCUT2D eigenvalue weighted by Crippen LogP contribution is -2.36. The summed E-state index contributed by atoms with van der Waals surface area (Å²) in [6.07, 6.45) is 1.66. The summed E-state index contributed by atoms with van der Waals surface area (Å²) in [5.41, 5.74) is 0. The lowest BCUT2D eigenvalue weighted by atomic mass is 10.3. The Morgan fingerprint density at radius 3 is 3.00 bits per heavy atom. The summed E-state index contributed by atoms with van der Waals surface area (Å²) in [4.78, 5) is 6.36. The second-order valence-electron chi connectivity index (χ2n) is 3.17. The lowest BCUT2D eigenvalue weighted by molar-refractivity contribution is 0.122. The highest BCUT2D eigenvalue weighted by molar-refractivity contribution is 6.17. The van der Waals surface area contributed by atoms with E-state index in [-0.39, 0.29) is 0 Å². The fourth-order valence-electron chi connectivity index (χ4n) is 1.50. The maximum atomic E-state index is 8.52. The first-order valence-electron chi connectivity index (χ1n) is 4.81. The molecule has 0 bridgehead atoms. The van der Waals surface area contributed by atoms with Gasteiger partial charge < -0.3 is 19.3 Å². The largest absolute Gasteiger partial charge is 0.569 e. The fourth-order valence-corrected chi connectivity index (χ4v) is 1.50. The molecule has 5 nitrogen and oxygen atoms in total. The van der Waals surface area contributed by atoms with Crippen molar-refractivity contribution < 1.29 is 14.4 Å². The van der Waals surface area contributed by atoms with Crippen LogP contribution in [0.5, 0.6) is 5.75 Å². The summed E-state index contributed by atoms with van der Waals surface area (Å²) in [6.45, 7) is 3.11. The molecule has 0 saturated carbocycles. The van der Waals surface area contributed by atoms with Gasteiger partial charge in [-0.25, -0.2) is 4.98 Å². The Morgan fingerprint density at radius 1 is 1.47 bits per heavy atom. The molecule has 1 fully saturated rings. The minimum absolute atomic E-state index is 0.578. The number of rotatable bonds is 3. The number of ether oxygens (including phenoxy) is 1. The predicted molar refractivity (Wildman–Crippen MR) is 55.9 cm³/mol. The van der Waals surface area contributed by atoms with Gasteiger partial charge in [-0.15, -0.1) is 0 Å². The number of hydrogen-bond donors (Lipinski definition) is 1. The van der Waals surface area contributed by atoms with Crippen LogP contribution in [-0.2, 0) is 4.74 Å². The highest BCUT2D eigenvalue weighted by atomic mass is 16.5. The first kappa shape index (κ1) is 10.3. The molecule has 1 N–H and O–H groups in total. The van der Waals surface area contributed by atoms with E-state index in [0.29, 0.717) is 13.4 Å². The highest BCUT2D eigenvalue weighted by Crippen LogP contribution is 2.18. The van der Waals surface area contributed by atoms with Gasteiger partial charge in [0.15, 0.2) is 0 Å². The highest BCUT2D eigenvalue weighted by Gasteiger charge is 2.12. The Kier molecular flexibility index (Phi) is 3.42. The van der Waals surface area contributed by atoms with E-state index in [4.69, 9.17) is 14.4 Å². The number of morpholine rings is 1. The molecule has 1 aliphatic rings. The van der Waals surface area contributed by atoms with E-state index < -0.39 is 0 Å². The van der Waals surface area contributed by atoms with Gasteiger partial charge >= 0.3 is 7.69 Å². The second-order valence-corrected chi connectivity index (χ2v) is 3.17. The van der Waals surface area contributed by atoms with E-state index in [0.717, 1.165) is 32.1 Å². The van der Waals surface area contributed by atoms with E-state index in [1.54, 1.807) is 18.3 Å². The average molecular weight is 207 g/mol. The van der Waals surface area contributed by atoms with Crippen LogP contribution in [0.4, 0.5) is 5.82 Å². The molecule has 0 unspecified atom stereocenters. The minimum atomic E-state index is 0.578. The van der Waals surface area contributed by atoms with E-state index in [9.17, 15) is 0 Å². The molecular weight excluding hydrogens is 195 g/mol. The van der Waals surface area contributed by atoms with Crippen LogP contribution in [0.3, 0.4) is 0 Å². The van der Waals surface area contributed by atoms with Gasteiger partial charge in [-0.3, -0.25) is 0 Å². The predicted octanol–water partition coefficient (Wildman–Crippen LogP) is -0.177. The molecule has 1 aromatic rings. The standard InChI is InChI=1S/C9H12BN2O3/c13-10-15-8-1-2-11-9(7-8)12-3-5-14-6-4-12/h1-2,7,13H,3-6H2. The summed E-state index contributed by atoms with van der Waals surface area (Å²) in [7, 11) is 0.665. The monoisotopic (exact) mass is 207 g/mol. The van der Waals surface area contributed by atoms with Gasteiger partial charge in [0.1, 0.15) is 11.6 Å². The van der Waals surface area contributed by atoms with Crippen molar-refractivity contribution in [2.45, 2.75) is 0 Å². The first-order chi connectivity index (χ1) is 7.40. The third-order valence-electron chi connectivity index (χ3n) is 2.24. The molecule has 0 amide bonds. The summed E-state index contributed by atoms with van der Waals surface area (Å²) in [5.74, 6) is 1.42. The molecule has 0 aliphatic carbocycles. The van der Waals surface area contributed by atoms with Crippen LogP contribution in [0.25, 0.3) is 0 Å². The molecule has 0 aromatic carbocycles. The van der Waals surface area contributed by atoms with Crippen molar-refractivity contribution in [3.05, 3.63) is 18.3 Å². The topological polar surface area (TPSA) is 54.8 Å². The third-order valence-corrected chi connectivity index (χ3v) is 2.24. The van der Waals surface area contributed by atoms with E-state index in [2.05, 4.69) is 9.88 Å². The molecule has 2 rings (SSSR count). The van der Waals surface area contributed by atoms with Crippen LogP contribution in [0.15, 0.2) is 18.3 Å². The van der Waals surface area contributed by atoms with Crippen molar-refractivity contribution in [1.82, 2.24) is 4.98 Å². The minimum Gasteiger partial charge on any atom is -0.537 e. The molecule has 1 aliphatic heterocycles. The smallest absolute Gasteiger partial charge is 0.537 e. The molecule has 6 heteroatoms. The van der Waals surface area contributed by atoms with E-state index >= 15 is 0 Å². The zero-order valence-electron chi connectivity index (χ0n) is 8.30. The van der Waals surface area contributed by atoms with Crippen molar-refractivity contribution in [3.8, 4) is 5.75 Å². The fraction of sp³-hybridized carbons (Fsp3) is 0.444. The van der Waals surface area contributed by atoms with Crippen LogP contribution < -0.4 is 9.55 Å². The molecule has 79 valence electrons. The normalized spacial score (nSPS) is 16.2. The Hall–Kier alpha value is -1.27. The maximum absolute atomic E-state index is 8.52. The van der Waals surface area contributed by atoms with Crippen LogP contribution in [-0.4, -0.2) is 44.0 Å².